The highest BCUT2D eigenvalue weighted by atomic mass is 35.5. The number of thiazole rings is 1. The molecule has 0 aliphatic heterocycles. The van der Waals surface area contributed by atoms with Crippen LogP contribution in [0.15, 0.2) is 24.3 Å². The zero-order valence-corrected chi connectivity index (χ0v) is 18.9. The van der Waals surface area contributed by atoms with Crippen LogP contribution in [0.25, 0.3) is 20.8 Å². The fraction of sp³-hybridized carbons (Fsp3) is 0.476. The minimum atomic E-state index is -4.28. The van der Waals surface area contributed by atoms with E-state index >= 15 is 0 Å². The standard InChI is InChI=1S/C21H23ClF3N5OS/c1-11-8-12(10-31)9-14(11)27-18-16(19-28-13-4-2-3-5-15(13)32-19)17(22)29-20(30-18)26-7-6-21(23,24)25/h2-5,11-12,14,31H,6-10H2,1H3,(H2,26,27,29,30)/t11-,12-,14-/m1/s1. The summed E-state index contributed by atoms with van der Waals surface area (Å²) in [5.41, 5.74) is 1.34. The first-order valence-corrected chi connectivity index (χ1v) is 11.5. The van der Waals surface area contributed by atoms with Gasteiger partial charge in [-0.15, -0.1) is 11.3 Å². The van der Waals surface area contributed by atoms with Gasteiger partial charge in [0.2, 0.25) is 5.95 Å². The van der Waals surface area contributed by atoms with E-state index in [2.05, 4.69) is 32.5 Å². The molecular weight excluding hydrogens is 463 g/mol. The number of rotatable bonds is 7. The topological polar surface area (TPSA) is 83.0 Å². The molecule has 6 nitrogen and oxygen atoms in total. The van der Waals surface area contributed by atoms with Crippen LogP contribution in [-0.2, 0) is 0 Å². The number of benzene rings is 1. The molecule has 1 aliphatic rings. The smallest absolute Gasteiger partial charge is 0.390 e. The third kappa shape index (κ3) is 5.24. The van der Waals surface area contributed by atoms with Crippen LogP contribution in [0.5, 0.6) is 0 Å². The molecule has 0 unspecified atom stereocenters. The van der Waals surface area contributed by atoms with Crippen molar-refractivity contribution in [2.75, 3.05) is 23.8 Å². The zero-order chi connectivity index (χ0) is 22.9. The highest BCUT2D eigenvalue weighted by Crippen LogP contribution is 2.40. The molecular formula is C21H23ClF3N5OS. The summed E-state index contributed by atoms with van der Waals surface area (Å²) < 4.78 is 38.6. The summed E-state index contributed by atoms with van der Waals surface area (Å²) in [5.74, 6) is 0.922. The Morgan fingerprint density at radius 2 is 1.97 bits per heavy atom. The molecule has 1 aromatic carbocycles. The van der Waals surface area contributed by atoms with Gasteiger partial charge in [-0.25, -0.2) is 9.97 Å². The highest BCUT2D eigenvalue weighted by Gasteiger charge is 2.32. The summed E-state index contributed by atoms with van der Waals surface area (Å²) in [6.07, 6.45) is -3.65. The second-order valence-electron chi connectivity index (χ2n) is 8.09. The third-order valence-corrected chi connectivity index (χ3v) is 6.95. The average Bonchev–Trinajstić information content (AvgIpc) is 3.30. The van der Waals surface area contributed by atoms with E-state index < -0.39 is 12.6 Å². The van der Waals surface area contributed by atoms with Crippen LogP contribution in [0.1, 0.15) is 26.2 Å². The fourth-order valence-corrected chi connectivity index (χ4v) is 5.33. The van der Waals surface area contributed by atoms with E-state index in [1.165, 1.54) is 11.3 Å². The van der Waals surface area contributed by atoms with Crippen molar-refractivity contribution in [2.45, 2.75) is 38.4 Å². The highest BCUT2D eigenvalue weighted by molar-refractivity contribution is 7.21. The lowest BCUT2D eigenvalue weighted by Crippen LogP contribution is -2.24. The summed E-state index contributed by atoms with van der Waals surface area (Å²) in [5, 5.41) is 16.3. The molecule has 1 saturated carbocycles. The Morgan fingerprint density at radius 3 is 2.66 bits per heavy atom. The monoisotopic (exact) mass is 485 g/mol. The molecule has 3 aromatic rings. The average molecular weight is 486 g/mol. The number of halogens is 4. The van der Waals surface area contributed by atoms with Gasteiger partial charge in [0, 0.05) is 19.2 Å². The van der Waals surface area contributed by atoms with Crippen molar-refractivity contribution in [1.82, 2.24) is 15.0 Å². The minimum Gasteiger partial charge on any atom is -0.396 e. The van der Waals surface area contributed by atoms with Gasteiger partial charge in [0.25, 0.3) is 0 Å². The molecule has 0 amide bonds. The van der Waals surface area contributed by atoms with E-state index in [-0.39, 0.29) is 42.1 Å². The van der Waals surface area contributed by atoms with Crippen LogP contribution >= 0.6 is 22.9 Å². The van der Waals surface area contributed by atoms with E-state index in [9.17, 15) is 18.3 Å². The number of hydrogen-bond donors (Lipinski definition) is 3. The number of nitrogens with zero attached hydrogens (tertiary/aromatic N) is 3. The van der Waals surface area contributed by atoms with Crippen LogP contribution in [-0.4, -0.2) is 45.4 Å². The maximum atomic E-state index is 12.5. The van der Waals surface area contributed by atoms with E-state index in [4.69, 9.17) is 11.6 Å². The molecule has 3 atom stereocenters. The molecule has 2 aromatic heterocycles. The number of aliphatic hydroxyl groups is 1. The first-order valence-electron chi connectivity index (χ1n) is 10.3. The molecule has 0 saturated heterocycles. The molecule has 11 heteroatoms. The Bertz CT molecular complexity index is 1060. The molecule has 0 spiro atoms. The predicted octanol–water partition coefficient (Wildman–Crippen LogP) is 5.59. The fourth-order valence-electron chi connectivity index (χ4n) is 4.01. The third-order valence-electron chi connectivity index (χ3n) is 5.62. The van der Waals surface area contributed by atoms with Crippen molar-refractivity contribution in [1.29, 1.82) is 0 Å². The molecule has 0 radical (unpaired) electrons. The molecule has 1 aliphatic carbocycles. The summed E-state index contributed by atoms with van der Waals surface area (Å²) >= 11 is 7.96. The van der Waals surface area contributed by atoms with Gasteiger partial charge >= 0.3 is 6.18 Å². The normalized spacial score (nSPS) is 21.2. The van der Waals surface area contributed by atoms with Gasteiger partial charge in [0.15, 0.2) is 0 Å². The second kappa shape index (κ2) is 9.36. The molecule has 0 bridgehead atoms. The van der Waals surface area contributed by atoms with Crippen molar-refractivity contribution in [3.05, 3.63) is 29.4 Å². The number of para-hydroxylation sites is 1. The Balaban J connectivity index is 1.69. The van der Waals surface area contributed by atoms with Crippen LogP contribution in [0, 0.1) is 11.8 Å². The number of aliphatic hydroxyl groups excluding tert-OH is 1. The Morgan fingerprint density at radius 1 is 1.19 bits per heavy atom. The molecule has 172 valence electrons. The van der Waals surface area contributed by atoms with Gasteiger partial charge < -0.3 is 15.7 Å². The van der Waals surface area contributed by atoms with Gasteiger partial charge in [-0.1, -0.05) is 30.7 Å². The largest absolute Gasteiger partial charge is 0.396 e. The van der Waals surface area contributed by atoms with E-state index in [0.717, 1.165) is 23.1 Å². The lowest BCUT2D eigenvalue weighted by molar-refractivity contribution is -0.131. The molecule has 3 N–H and O–H groups in total. The van der Waals surface area contributed by atoms with Gasteiger partial charge in [0.1, 0.15) is 16.0 Å². The molecule has 1 fully saturated rings. The summed E-state index contributed by atoms with van der Waals surface area (Å²) in [6, 6.07) is 7.70. The number of hydrogen-bond acceptors (Lipinski definition) is 7. The van der Waals surface area contributed by atoms with Crippen molar-refractivity contribution in [3.63, 3.8) is 0 Å². The van der Waals surface area contributed by atoms with Crippen molar-refractivity contribution in [3.8, 4) is 10.6 Å². The summed E-state index contributed by atoms with van der Waals surface area (Å²) in [6.45, 7) is 1.85. The number of nitrogens with one attached hydrogen (secondary N) is 2. The van der Waals surface area contributed by atoms with Crippen molar-refractivity contribution >= 4 is 44.9 Å². The van der Waals surface area contributed by atoms with Crippen LogP contribution < -0.4 is 10.6 Å². The molecule has 32 heavy (non-hydrogen) atoms. The predicted molar refractivity (Wildman–Crippen MR) is 121 cm³/mol. The molecule has 2 heterocycles. The Kier molecular flexibility index (Phi) is 6.73. The SMILES string of the molecule is C[C@@H]1C[C@@H](CO)C[C@H]1Nc1nc(NCCC(F)(F)F)nc(Cl)c1-c1nc2ccccc2s1. The van der Waals surface area contributed by atoms with E-state index in [0.29, 0.717) is 16.4 Å². The maximum absolute atomic E-state index is 12.5. The lowest BCUT2D eigenvalue weighted by Gasteiger charge is -2.21. The summed E-state index contributed by atoms with van der Waals surface area (Å²) in [4.78, 5) is 13.3. The summed E-state index contributed by atoms with van der Waals surface area (Å²) in [7, 11) is 0. The lowest BCUT2D eigenvalue weighted by atomic mass is 10.1. The first kappa shape index (κ1) is 23.0. The van der Waals surface area contributed by atoms with Crippen molar-refractivity contribution in [2.24, 2.45) is 11.8 Å². The van der Waals surface area contributed by atoms with Crippen molar-refractivity contribution < 1.29 is 18.3 Å². The number of anilines is 2. The van der Waals surface area contributed by atoms with Crippen LogP contribution in [0.3, 0.4) is 0 Å². The Labute approximate surface area is 192 Å². The number of fused-ring (bicyclic) bond motifs is 1. The van der Waals surface area contributed by atoms with E-state index in [1.54, 1.807) is 0 Å². The Hall–Kier alpha value is -2.17. The van der Waals surface area contributed by atoms with Gasteiger partial charge in [-0.2, -0.15) is 18.2 Å². The maximum Gasteiger partial charge on any atom is 0.390 e. The van der Waals surface area contributed by atoms with Crippen LogP contribution in [0.4, 0.5) is 24.9 Å². The van der Waals surface area contributed by atoms with Gasteiger partial charge in [-0.3, -0.25) is 0 Å². The van der Waals surface area contributed by atoms with Crippen LogP contribution in [0.2, 0.25) is 5.15 Å². The van der Waals surface area contributed by atoms with Gasteiger partial charge in [0.05, 0.1) is 22.2 Å². The first-order chi connectivity index (χ1) is 15.2. The van der Waals surface area contributed by atoms with Gasteiger partial charge in [-0.05, 0) is 36.8 Å². The second-order valence-corrected chi connectivity index (χ2v) is 9.48. The minimum absolute atomic E-state index is 0.0240. The molecule has 4 rings (SSSR count). The number of alkyl halides is 3. The quantitative estimate of drug-likeness (QED) is 0.378. The van der Waals surface area contributed by atoms with E-state index in [1.807, 2.05) is 24.3 Å². The zero-order valence-electron chi connectivity index (χ0n) is 17.3. The number of aromatic nitrogens is 3.